The van der Waals surface area contributed by atoms with E-state index in [9.17, 15) is 9.59 Å². The molecule has 3 unspecified atom stereocenters. The van der Waals surface area contributed by atoms with Crippen LogP contribution in [0.25, 0.3) is 0 Å². The van der Waals surface area contributed by atoms with Gasteiger partial charge in [-0.15, -0.1) is 0 Å². The highest BCUT2D eigenvalue weighted by Crippen LogP contribution is 2.49. The Morgan fingerprint density at radius 1 is 1.29 bits per heavy atom. The Morgan fingerprint density at radius 2 is 2.07 bits per heavy atom. The second-order valence-electron chi connectivity index (χ2n) is 3.83. The molecule has 14 heavy (non-hydrogen) atoms. The number of hydrogen-bond donors (Lipinski definition) is 0. The average Bonchev–Trinajstić information content (AvgIpc) is 2.68. The smallest absolute Gasteiger partial charge is 0.211 e. The maximum absolute atomic E-state index is 10.2. The summed E-state index contributed by atoms with van der Waals surface area (Å²) >= 11 is 0. The summed E-state index contributed by atoms with van der Waals surface area (Å²) < 4.78 is 0. The van der Waals surface area contributed by atoms with Crippen LogP contribution in [0.15, 0.2) is 21.3 Å². The van der Waals surface area contributed by atoms with Crippen molar-refractivity contribution in [1.82, 2.24) is 0 Å². The zero-order valence-electron chi connectivity index (χ0n) is 7.86. The van der Waals surface area contributed by atoms with Gasteiger partial charge in [0.2, 0.25) is 12.2 Å². The van der Waals surface area contributed by atoms with E-state index in [-0.39, 0.29) is 12.0 Å². The Hall–Kier alpha value is -1.50. The molecule has 1 saturated carbocycles. The van der Waals surface area contributed by atoms with Crippen LogP contribution in [0.4, 0.5) is 0 Å². The van der Waals surface area contributed by atoms with Gasteiger partial charge in [0.25, 0.3) is 0 Å². The molecule has 4 heteroatoms. The van der Waals surface area contributed by atoms with Gasteiger partial charge in [-0.05, 0) is 31.3 Å². The first-order valence-corrected chi connectivity index (χ1v) is 4.63. The van der Waals surface area contributed by atoms with Gasteiger partial charge in [0, 0.05) is 5.92 Å². The number of nitrogens with zero attached hydrogens (tertiary/aromatic N) is 2. The number of hydrogen-bond acceptors (Lipinski definition) is 4. The molecule has 1 fully saturated rings. The molecule has 0 aromatic rings. The van der Waals surface area contributed by atoms with Gasteiger partial charge in [0.1, 0.15) is 0 Å². The van der Waals surface area contributed by atoms with Crippen LogP contribution in [0.2, 0.25) is 0 Å². The highest BCUT2D eigenvalue weighted by molar-refractivity contribution is 5.43. The molecule has 0 saturated heterocycles. The minimum Gasteiger partial charge on any atom is -0.211 e. The largest absolute Gasteiger partial charge is 0.240 e. The summed E-state index contributed by atoms with van der Waals surface area (Å²) in [5, 5.41) is 0. The molecular formula is C10H10N2O2. The van der Waals surface area contributed by atoms with Gasteiger partial charge in [0.05, 0.1) is 11.7 Å². The predicted octanol–water partition coefficient (Wildman–Crippen LogP) is 1.34. The fourth-order valence-electron chi connectivity index (χ4n) is 2.60. The van der Waals surface area contributed by atoms with Gasteiger partial charge in [-0.25, -0.2) is 14.6 Å². The first-order chi connectivity index (χ1) is 6.77. The van der Waals surface area contributed by atoms with Crippen LogP contribution in [0.1, 0.15) is 19.8 Å². The molecular weight excluding hydrogens is 180 g/mol. The molecule has 3 atom stereocenters. The number of allylic oxidation sites excluding steroid dienone is 1. The lowest BCUT2D eigenvalue weighted by Gasteiger charge is -2.17. The molecule has 0 amide bonds. The highest BCUT2D eigenvalue weighted by atomic mass is 16.1. The average molecular weight is 190 g/mol. The summed E-state index contributed by atoms with van der Waals surface area (Å²) in [4.78, 5) is 27.8. The second kappa shape index (κ2) is 3.33. The molecule has 4 nitrogen and oxygen atoms in total. The van der Waals surface area contributed by atoms with Crippen molar-refractivity contribution in [1.29, 1.82) is 0 Å². The zero-order valence-corrected chi connectivity index (χ0v) is 7.86. The van der Waals surface area contributed by atoms with Gasteiger partial charge in [0.15, 0.2) is 0 Å². The van der Waals surface area contributed by atoms with Crippen molar-refractivity contribution in [3.05, 3.63) is 11.3 Å². The number of isocyanates is 2. The topological polar surface area (TPSA) is 58.9 Å². The van der Waals surface area contributed by atoms with Crippen molar-refractivity contribution in [2.75, 3.05) is 0 Å². The van der Waals surface area contributed by atoms with E-state index in [1.807, 2.05) is 6.92 Å². The molecule has 0 spiro atoms. The SMILES string of the molecule is CC1=C(N=C=O)C2CC1CC2N=C=O. The van der Waals surface area contributed by atoms with Crippen molar-refractivity contribution >= 4 is 12.2 Å². The summed E-state index contributed by atoms with van der Waals surface area (Å²) in [6.07, 6.45) is 5.00. The van der Waals surface area contributed by atoms with Crippen LogP contribution >= 0.6 is 0 Å². The lowest BCUT2D eigenvalue weighted by atomic mass is 9.94. The van der Waals surface area contributed by atoms with Crippen LogP contribution in [0, 0.1) is 11.8 Å². The molecule has 2 aliphatic carbocycles. The molecule has 0 radical (unpaired) electrons. The number of aliphatic imine (C=N–C) groups is 2. The predicted molar refractivity (Wildman–Crippen MR) is 48.9 cm³/mol. The Balaban J connectivity index is 2.34. The molecule has 0 aliphatic heterocycles. The summed E-state index contributed by atoms with van der Waals surface area (Å²) in [7, 11) is 0. The Bertz CT molecular complexity index is 387. The molecule has 0 aromatic heterocycles. The van der Waals surface area contributed by atoms with Crippen LogP contribution in [-0.2, 0) is 9.59 Å². The third kappa shape index (κ3) is 1.17. The van der Waals surface area contributed by atoms with E-state index in [4.69, 9.17) is 0 Å². The second-order valence-corrected chi connectivity index (χ2v) is 3.83. The molecule has 0 heterocycles. The highest BCUT2D eigenvalue weighted by Gasteiger charge is 2.44. The summed E-state index contributed by atoms with van der Waals surface area (Å²) in [5.74, 6) is 0.581. The van der Waals surface area contributed by atoms with E-state index in [0.717, 1.165) is 24.1 Å². The Labute approximate surface area is 81.4 Å². The Kier molecular flexibility index (Phi) is 2.16. The van der Waals surface area contributed by atoms with Crippen LogP contribution in [0.5, 0.6) is 0 Å². The van der Waals surface area contributed by atoms with E-state index in [1.54, 1.807) is 12.2 Å². The van der Waals surface area contributed by atoms with Gasteiger partial charge in [-0.2, -0.15) is 4.99 Å². The maximum atomic E-state index is 10.2. The van der Waals surface area contributed by atoms with Gasteiger partial charge in [-0.1, -0.05) is 0 Å². The van der Waals surface area contributed by atoms with Crippen LogP contribution in [0.3, 0.4) is 0 Å². The fraction of sp³-hybridized carbons (Fsp3) is 0.600. The zero-order chi connectivity index (χ0) is 10.1. The summed E-state index contributed by atoms with van der Waals surface area (Å²) in [6, 6.07) is -0.0201. The van der Waals surface area contributed by atoms with Gasteiger partial charge < -0.3 is 0 Å². The molecule has 2 bridgehead atoms. The number of rotatable bonds is 2. The molecule has 0 N–H and O–H groups in total. The van der Waals surface area contributed by atoms with Crippen molar-refractivity contribution in [3.63, 3.8) is 0 Å². The van der Waals surface area contributed by atoms with E-state index in [1.165, 1.54) is 0 Å². The monoisotopic (exact) mass is 190 g/mol. The van der Waals surface area contributed by atoms with E-state index >= 15 is 0 Å². The standard InChI is InChI=1S/C10H10N2O2/c1-6-7-2-8(10(6)12-5-14)9(3-7)11-4-13/h7-9H,2-3H2,1H3. The van der Waals surface area contributed by atoms with Crippen molar-refractivity contribution < 1.29 is 9.59 Å². The van der Waals surface area contributed by atoms with Gasteiger partial charge >= 0.3 is 0 Å². The molecule has 72 valence electrons. The van der Waals surface area contributed by atoms with Crippen LogP contribution in [-0.4, -0.2) is 18.2 Å². The third-order valence-corrected chi connectivity index (χ3v) is 3.28. The number of fused-ring (bicyclic) bond motifs is 2. The third-order valence-electron chi connectivity index (χ3n) is 3.28. The fourth-order valence-corrected chi connectivity index (χ4v) is 2.60. The van der Waals surface area contributed by atoms with Crippen molar-refractivity contribution in [3.8, 4) is 0 Å². The maximum Gasteiger partial charge on any atom is 0.240 e. The van der Waals surface area contributed by atoms with Gasteiger partial charge in [-0.3, -0.25) is 0 Å². The first-order valence-electron chi connectivity index (χ1n) is 4.63. The lowest BCUT2D eigenvalue weighted by molar-refractivity contribution is 0.516. The molecule has 2 aliphatic rings. The summed E-state index contributed by atoms with van der Waals surface area (Å²) in [5.41, 5.74) is 1.95. The lowest BCUT2D eigenvalue weighted by Crippen LogP contribution is -2.16. The summed E-state index contributed by atoms with van der Waals surface area (Å²) in [6.45, 7) is 1.99. The quantitative estimate of drug-likeness (QED) is 0.487. The molecule has 2 rings (SSSR count). The van der Waals surface area contributed by atoms with E-state index in [0.29, 0.717) is 5.92 Å². The minimum atomic E-state index is -0.0201. The normalized spacial score (nSPS) is 33.9. The van der Waals surface area contributed by atoms with Crippen molar-refractivity contribution in [2.24, 2.45) is 21.8 Å². The van der Waals surface area contributed by atoms with E-state index in [2.05, 4.69) is 9.98 Å². The number of carbonyl (C=O) groups excluding carboxylic acids is 2. The minimum absolute atomic E-state index is 0.0201. The Morgan fingerprint density at radius 3 is 2.64 bits per heavy atom. The van der Waals surface area contributed by atoms with Crippen LogP contribution < -0.4 is 0 Å². The van der Waals surface area contributed by atoms with Crippen molar-refractivity contribution in [2.45, 2.75) is 25.8 Å². The first kappa shape index (κ1) is 9.07. The molecule has 0 aromatic carbocycles. The van der Waals surface area contributed by atoms with E-state index < -0.39 is 0 Å².